The van der Waals surface area contributed by atoms with Gasteiger partial charge in [-0.15, -0.1) is 6.58 Å². The Balaban J connectivity index is 0. The van der Waals surface area contributed by atoms with Gasteiger partial charge in [-0.05, 0) is 18.9 Å². The Labute approximate surface area is 96.1 Å². The molecule has 0 unspecified atom stereocenters. The van der Waals surface area contributed by atoms with Crippen molar-refractivity contribution in [2.24, 2.45) is 0 Å². The summed E-state index contributed by atoms with van der Waals surface area (Å²) in [5.74, 6) is -0.224. The fourth-order valence-electron chi connectivity index (χ4n) is 0.550. The molecule has 15 heavy (non-hydrogen) atoms. The first-order chi connectivity index (χ1) is 7.16. The van der Waals surface area contributed by atoms with Crippen LogP contribution in [0.25, 0.3) is 0 Å². The normalized spacial score (nSPS) is 9.00. The molecule has 0 aliphatic rings. The summed E-state index contributed by atoms with van der Waals surface area (Å²) >= 11 is 0.791. The van der Waals surface area contributed by atoms with E-state index in [4.69, 9.17) is 0 Å². The molecular formula is C11H19NO2S. The number of amides is 1. The number of rotatable bonds is 4. The van der Waals surface area contributed by atoms with Crippen LogP contribution >= 0.6 is 11.9 Å². The van der Waals surface area contributed by atoms with E-state index in [1.165, 1.54) is 13.0 Å². The summed E-state index contributed by atoms with van der Waals surface area (Å²) < 4.78 is 2.34. The molecule has 0 fully saturated rings. The van der Waals surface area contributed by atoms with Crippen LogP contribution < -0.4 is 4.72 Å². The molecule has 0 bridgehead atoms. The van der Waals surface area contributed by atoms with E-state index < -0.39 is 0 Å². The molecule has 1 amide bonds. The van der Waals surface area contributed by atoms with Crippen molar-refractivity contribution < 1.29 is 9.59 Å². The van der Waals surface area contributed by atoms with Crippen molar-refractivity contribution in [2.75, 3.05) is 0 Å². The molecule has 0 aromatic carbocycles. The Morgan fingerprint density at radius 1 is 1.33 bits per heavy atom. The first-order valence-corrected chi connectivity index (χ1v) is 5.73. The van der Waals surface area contributed by atoms with Crippen LogP contribution in [0.15, 0.2) is 24.8 Å². The minimum Gasteiger partial charge on any atom is -0.294 e. The third-order valence-corrected chi connectivity index (χ3v) is 1.81. The van der Waals surface area contributed by atoms with Crippen molar-refractivity contribution in [1.29, 1.82) is 0 Å². The number of hydrogen-bond acceptors (Lipinski definition) is 3. The van der Waals surface area contributed by atoms with Crippen LogP contribution in [-0.2, 0) is 9.59 Å². The van der Waals surface area contributed by atoms with Gasteiger partial charge in [0.25, 0.3) is 0 Å². The van der Waals surface area contributed by atoms with Gasteiger partial charge in [0.2, 0.25) is 11.0 Å². The van der Waals surface area contributed by atoms with Gasteiger partial charge >= 0.3 is 0 Å². The van der Waals surface area contributed by atoms with E-state index in [1.54, 1.807) is 12.2 Å². The molecule has 0 spiro atoms. The number of allylic oxidation sites excluding steroid dienone is 2. The quantitative estimate of drug-likeness (QED) is 0.349. The van der Waals surface area contributed by atoms with Crippen LogP contribution in [0.5, 0.6) is 0 Å². The number of unbranched alkanes of at least 4 members (excludes halogenated alkanes) is 1. The smallest absolute Gasteiger partial charge is 0.232 e. The first kappa shape index (κ1) is 16.4. The van der Waals surface area contributed by atoms with Crippen LogP contribution in [0.3, 0.4) is 0 Å². The lowest BCUT2D eigenvalue weighted by Gasteiger charge is -1.94. The maximum absolute atomic E-state index is 10.9. The van der Waals surface area contributed by atoms with E-state index in [9.17, 15) is 9.59 Å². The lowest BCUT2D eigenvalue weighted by atomic mass is 10.3. The fraction of sp³-hybridized carbons (Fsp3) is 0.455. The van der Waals surface area contributed by atoms with E-state index in [-0.39, 0.29) is 11.0 Å². The minimum atomic E-state index is -0.224. The van der Waals surface area contributed by atoms with Gasteiger partial charge in [0, 0.05) is 18.9 Å². The molecule has 0 heterocycles. The van der Waals surface area contributed by atoms with E-state index in [0.29, 0.717) is 0 Å². The maximum Gasteiger partial charge on any atom is 0.232 e. The van der Waals surface area contributed by atoms with E-state index >= 15 is 0 Å². The molecule has 0 aromatic heterocycles. The maximum atomic E-state index is 10.9. The summed E-state index contributed by atoms with van der Waals surface area (Å²) in [5.41, 5.74) is 0. The highest BCUT2D eigenvalue weighted by atomic mass is 32.2. The molecule has 0 aromatic rings. The van der Waals surface area contributed by atoms with Crippen LogP contribution in [-0.4, -0.2) is 11.0 Å². The highest BCUT2D eigenvalue weighted by Crippen LogP contribution is 1.99. The summed E-state index contributed by atoms with van der Waals surface area (Å²) in [7, 11) is 0. The second-order valence-electron chi connectivity index (χ2n) is 2.35. The van der Waals surface area contributed by atoms with Crippen LogP contribution in [0.2, 0.25) is 0 Å². The zero-order valence-electron chi connectivity index (χ0n) is 9.58. The molecule has 1 N–H and O–H groups in total. The molecule has 86 valence electrons. The molecule has 4 heteroatoms. The van der Waals surface area contributed by atoms with Gasteiger partial charge in [0.05, 0.1) is 0 Å². The summed E-state index contributed by atoms with van der Waals surface area (Å²) in [6.45, 7) is 8.92. The minimum absolute atomic E-state index is 0.167. The van der Waals surface area contributed by atoms with E-state index in [1.807, 2.05) is 13.8 Å². The zero-order valence-corrected chi connectivity index (χ0v) is 10.4. The van der Waals surface area contributed by atoms with E-state index in [2.05, 4.69) is 11.3 Å². The van der Waals surface area contributed by atoms with Crippen molar-refractivity contribution in [2.45, 2.75) is 33.6 Å². The number of nitrogens with one attached hydrogen (secondary N) is 1. The Kier molecular flexibility index (Phi) is 14.2. The predicted octanol–water partition coefficient (Wildman–Crippen LogP) is 2.85. The molecule has 0 saturated carbocycles. The summed E-state index contributed by atoms with van der Waals surface area (Å²) in [6, 6.07) is 0. The summed E-state index contributed by atoms with van der Waals surface area (Å²) in [5, 5.41) is -0.167. The molecule has 0 saturated heterocycles. The van der Waals surface area contributed by atoms with Crippen LogP contribution in [0.1, 0.15) is 33.6 Å². The fourth-order valence-corrected chi connectivity index (χ4v) is 0.958. The topological polar surface area (TPSA) is 46.2 Å². The van der Waals surface area contributed by atoms with Crippen molar-refractivity contribution >= 4 is 23.0 Å². The second-order valence-corrected chi connectivity index (χ2v) is 3.16. The van der Waals surface area contributed by atoms with Gasteiger partial charge < -0.3 is 0 Å². The lowest BCUT2D eigenvalue weighted by Crippen LogP contribution is -2.12. The lowest BCUT2D eigenvalue weighted by molar-refractivity contribution is -0.117. The molecule has 0 radical (unpaired) electrons. The van der Waals surface area contributed by atoms with Gasteiger partial charge in [0.1, 0.15) is 0 Å². The number of carbonyl (C=O) groups is 2. The average Bonchev–Trinajstić information content (AvgIpc) is 2.24. The summed E-state index contributed by atoms with van der Waals surface area (Å²) in [6.07, 6.45) is 6.66. The number of carbonyl (C=O) groups excluding carboxylic acids is 2. The van der Waals surface area contributed by atoms with Gasteiger partial charge in [-0.1, -0.05) is 26.0 Å². The second kappa shape index (κ2) is 13.0. The monoisotopic (exact) mass is 229 g/mol. The molecular weight excluding hydrogens is 210 g/mol. The Bertz CT molecular complexity index is 225. The average molecular weight is 229 g/mol. The predicted molar refractivity (Wildman–Crippen MR) is 66.3 cm³/mol. The SMILES string of the molecule is C=CCC/C=C/C(=O)SNC(C)=O.CC. The Morgan fingerprint density at radius 3 is 2.40 bits per heavy atom. The largest absolute Gasteiger partial charge is 0.294 e. The van der Waals surface area contributed by atoms with Gasteiger partial charge in [0.15, 0.2) is 0 Å². The van der Waals surface area contributed by atoms with Crippen molar-refractivity contribution in [1.82, 2.24) is 4.72 Å². The highest BCUT2D eigenvalue weighted by Gasteiger charge is 1.97. The van der Waals surface area contributed by atoms with Gasteiger partial charge in [-0.2, -0.15) is 0 Å². The standard InChI is InChI=1S/C9H13NO2S.C2H6/c1-3-4-5-6-7-9(12)13-10-8(2)11;1-2/h3,6-7H,1,4-5H2,2H3,(H,10,11);1-2H3/b7-6+;. The molecule has 0 aliphatic carbocycles. The summed E-state index contributed by atoms with van der Waals surface area (Å²) in [4.78, 5) is 21.3. The molecule has 3 nitrogen and oxygen atoms in total. The Morgan fingerprint density at radius 2 is 1.93 bits per heavy atom. The van der Waals surface area contributed by atoms with Crippen molar-refractivity contribution in [3.63, 3.8) is 0 Å². The van der Waals surface area contributed by atoms with Crippen LogP contribution in [0.4, 0.5) is 0 Å². The third kappa shape index (κ3) is 15.7. The van der Waals surface area contributed by atoms with Crippen molar-refractivity contribution in [3.05, 3.63) is 24.8 Å². The zero-order chi connectivity index (χ0) is 12.1. The molecule has 0 rings (SSSR count). The molecule has 0 atom stereocenters. The van der Waals surface area contributed by atoms with E-state index in [0.717, 1.165) is 24.8 Å². The van der Waals surface area contributed by atoms with Gasteiger partial charge in [-0.25, -0.2) is 0 Å². The third-order valence-electron chi connectivity index (χ3n) is 1.09. The number of hydrogen-bond donors (Lipinski definition) is 1. The molecule has 0 aliphatic heterocycles. The van der Waals surface area contributed by atoms with Crippen LogP contribution in [0, 0.1) is 0 Å². The Hall–Kier alpha value is -1.03. The highest BCUT2D eigenvalue weighted by molar-refractivity contribution is 8.12. The first-order valence-electron chi connectivity index (χ1n) is 4.91. The van der Waals surface area contributed by atoms with Gasteiger partial charge in [-0.3, -0.25) is 14.3 Å². The van der Waals surface area contributed by atoms with Crippen molar-refractivity contribution in [3.8, 4) is 0 Å².